The molecule has 106 valence electrons. The summed E-state index contributed by atoms with van der Waals surface area (Å²) in [7, 11) is 1.65. The summed E-state index contributed by atoms with van der Waals surface area (Å²) in [5.41, 5.74) is 0.937. The van der Waals surface area contributed by atoms with Crippen LogP contribution >= 0.6 is 0 Å². The Bertz CT molecular complexity index is 371. The average molecular weight is 263 g/mol. The first kappa shape index (κ1) is 14.4. The number of nitrogens with one attached hydrogen (secondary N) is 1. The molecule has 0 radical (unpaired) electrons. The molecule has 3 heteroatoms. The Hall–Kier alpha value is -1.06. The summed E-state index contributed by atoms with van der Waals surface area (Å²) < 4.78 is 5.12. The van der Waals surface area contributed by atoms with E-state index in [1.54, 1.807) is 7.11 Å². The molecule has 0 spiro atoms. The minimum absolute atomic E-state index is 0.449. The molecular weight excluding hydrogens is 238 g/mol. The first-order valence-electron chi connectivity index (χ1n) is 7.26. The van der Waals surface area contributed by atoms with Gasteiger partial charge in [-0.3, -0.25) is 0 Å². The largest absolute Gasteiger partial charge is 0.497 e. The zero-order valence-electron chi connectivity index (χ0n) is 11.9. The first-order chi connectivity index (χ1) is 9.20. The molecule has 0 saturated heterocycles. The van der Waals surface area contributed by atoms with E-state index in [0.29, 0.717) is 12.6 Å². The molecule has 0 bridgehead atoms. The Morgan fingerprint density at radius 1 is 1.26 bits per heavy atom. The van der Waals surface area contributed by atoms with Crippen molar-refractivity contribution in [2.75, 3.05) is 13.7 Å². The van der Waals surface area contributed by atoms with Gasteiger partial charge < -0.3 is 15.2 Å². The van der Waals surface area contributed by atoms with Gasteiger partial charge in [0.2, 0.25) is 0 Å². The van der Waals surface area contributed by atoms with Gasteiger partial charge in [-0.15, -0.1) is 0 Å². The first-order valence-corrected chi connectivity index (χ1v) is 7.26. The third kappa shape index (κ3) is 3.95. The Kier molecular flexibility index (Phi) is 5.23. The van der Waals surface area contributed by atoms with Crippen molar-refractivity contribution >= 4 is 0 Å². The minimum atomic E-state index is -0.449. The van der Waals surface area contributed by atoms with Crippen LogP contribution < -0.4 is 10.1 Å². The molecule has 1 fully saturated rings. The van der Waals surface area contributed by atoms with E-state index in [4.69, 9.17) is 4.74 Å². The van der Waals surface area contributed by atoms with Gasteiger partial charge in [0.05, 0.1) is 13.2 Å². The normalized spacial score (nSPS) is 19.3. The van der Waals surface area contributed by atoms with Crippen LogP contribution in [0.5, 0.6) is 5.75 Å². The number of hydrogen-bond acceptors (Lipinski definition) is 3. The van der Waals surface area contributed by atoms with Crippen molar-refractivity contribution in [1.29, 1.82) is 0 Å². The number of aliphatic hydroxyl groups excluding tert-OH is 1. The number of rotatable bonds is 6. The highest BCUT2D eigenvalue weighted by Gasteiger charge is 2.21. The van der Waals surface area contributed by atoms with Crippen LogP contribution in [0.15, 0.2) is 24.3 Å². The molecule has 2 N–H and O–H groups in total. The minimum Gasteiger partial charge on any atom is -0.497 e. The number of hydrogen-bond donors (Lipinski definition) is 2. The second kappa shape index (κ2) is 6.92. The summed E-state index contributed by atoms with van der Waals surface area (Å²) >= 11 is 0. The highest BCUT2D eigenvalue weighted by Crippen LogP contribution is 2.27. The van der Waals surface area contributed by atoms with Gasteiger partial charge >= 0.3 is 0 Å². The smallest absolute Gasteiger partial charge is 0.118 e. The maximum Gasteiger partial charge on any atom is 0.118 e. The van der Waals surface area contributed by atoms with Crippen LogP contribution in [-0.2, 0) is 0 Å². The molecule has 1 aromatic rings. The lowest BCUT2D eigenvalue weighted by molar-refractivity contribution is 0.165. The predicted octanol–water partition coefficient (Wildman–Crippen LogP) is 2.90. The molecular formula is C16H25NO2. The maximum absolute atomic E-state index is 10.2. The number of methoxy groups -OCH3 is 1. The van der Waals surface area contributed by atoms with E-state index < -0.39 is 6.10 Å². The van der Waals surface area contributed by atoms with E-state index >= 15 is 0 Å². The van der Waals surface area contributed by atoms with Gasteiger partial charge in [-0.1, -0.05) is 25.0 Å². The number of benzene rings is 1. The van der Waals surface area contributed by atoms with Gasteiger partial charge in [0, 0.05) is 12.6 Å². The van der Waals surface area contributed by atoms with Gasteiger partial charge in [0.1, 0.15) is 5.75 Å². The van der Waals surface area contributed by atoms with Gasteiger partial charge in [-0.2, -0.15) is 0 Å². The molecule has 1 aliphatic rings. The molecule has 1 aromatic carbocycles. The maximum atomic E-state index is 10.2. The van der Waals surface area contributed by atoms with Crippen LogP contribution in [0.25, 0.3) is 0 Å². The molecule has 1 saturated carbocycles. The lowest BCUT2D eigenvalue weighted by Crippen LogP contribution is -2.35. The van der Waals surface area contributed by atoms with Gasteiger partial charge in [0.15, 0.2) is 0 Å². The summed E-state index contributed by atoms with van der Waals surface area (Å²) in [6, 6.07) is 8.12. The van der Waals surface area contributed by atoms with E-state index in [0.717, 1.165) is 17.2 Å². The summed E-state index contributed by atoms with van der Waals surface area (Å²) in [5, 5.41) is 13.6. The Morgan fingerprint density at radius 2 is 1.89 bits per heavy atom. The standard InChI is InChI=1S/C16H25NO2/c1-12(13-5-3-4-6-13)17-11-16(18)14-7-9-15(19-2)10-8-14/h7-10,12-13,16-18H,3-6,11H2,1-2H3/t12-,16?/m1/s1. The van der Waals surface area contributed by atoms with E-state index in [1.807, 2.05) is 24.3 Å². The van der Waals surface area contributed by atoms with Crippen molar-refractivity contribution < 1.29 is 9.84 Å². The van der Waals surface area contributed by atoms with Gasteiger partial charge in [-0.05, 0) is 43.4 Å². The van der Waals surface area contributed by atoms with Gasteiger partial charge in [-0.25, -0.2) is 0 Å². The van der Waals surface area contributed by atoms with Crippen LogP contribution in [0.1, 0.15) is 44.3 Å². The second-order valence-electron chi connectivity index (χ2n) is 5.53. The average Bonchev–Trinajstić information content (AvgIpc) is 2.98. The molecule has 0 aliphatic heterocycles. The zero-order chi connectivity index (χ0) is 13.7. The van der Waals surface area contributed by atoms with Crippen LogP contribution in [0.2, 0.25) is 0 Å². The molecule has 2 atom stereocenters. The Balaban J connectivity index is 1.80. The van der Waals surface area contributed by atoms with Crippen LogP contribution in [0.4, 0.5) is 0 Å². The van der Waals surface area contributed by atoms with Crippen molar-refractivity contribution in [3.05, 3.63) is 29.8 Å². The summed E-state index contributed by atoms with van der Waals surface area (Å²) in [5.74, 6) is 1.60. The summed E-state index contributed by atoms with van der Waals surface area (Å²) in [6.45, 7) is 2.85. The monoisotopic (exact) mass is 263 g/mol. The predicted molar refractivity (Wildman–Crippen MR) is 77.4 cm³/mol. The van der Waals surface area contributed by atoms with E-state index in [2.05, 4.69) is 12.2 Å². The molecule has 1 aliphatic carbocycles. The molecule has 19 heavy (non-hydrogen) atoms. The molecule has 3 nitrogen and oxygen atoms in total. The topological polar surface area (TPSA) is 41.5 Å². The third-order valence-corrected chi connectivity index (χ3v) is 4.24. The SMILES string of the molecule is COc1ccc(C(O)CN[C@H](C)C2CCCC2)cc1. The van der Waals surface area contributed by atoms with Crippen molar-refractivity contribution in [3.8, 4) is 5.75 Å². The second-order valence-corrected chi connectivity index (χ2v) is 5.53. The molecule has 2 rings (SSSR count). The summed E-state index contributed by atoms with van der Waals surface area (Å²) in [4.78, 5) is 0. The van der Waals surface area contributed by atoms with Crippen LogP contribution in [0, 0.1) is 5.92 Å². The molecule has 0 amide bonds. The van der Waals surface area contributed by atoms with E-state index in [9.17, 15) is 5.11 Å². The molecule has 1 unspecified atom stereocenters. The summed E-state index contributed by atoms with van der Waals surface area (Å²) in [6.07, 6.45) is 4.92. The highest BCUT2D eigenvalue weighted by molar-refractivity contribution is 5.28. The molecule has 0 aromatic heterocycles. The number of aliphatic hydroxyl groups is 1. The Labute approximate surface area is 116 Å². The lowest BCUT2D eigenvalue weighted by atomic mass is 9.99. The zero-order valence-corrected chi connectivity index (χ0v) is 11.9. The van der Waals surface area contributed by atoms with Crippen molar-refractivity contribution in [1.82, 2.24) is 5.32 Å². The van der Waals surface area contributed by atoms with Crippen molar-refractivity contribution in [2.24, 2.45) is 5.92 Å². The lowest BCUT2D eigenvalue weighted by Gasteiger charge is -2.22. The fourth-order valence-electron chi connectivity index (χ4n) is 2.87. The fraction of sp³-hybridized carbons (Fsp3) is 0.625. The van der Waals surface area contributed by atoms with Crippen LogP contribution in [-0.4, -0.2) is 24.8 Å². The molecule has 0 heterocycles. The highest BCUT2D eigenvalue weighted by atomic mass is 16.5. The van der Waals surface area contributed by atoms with E-state index in [-0.39, 0.29) is 0 Å². The quantitative estimate of drug-likeness (QED) is 0.829. The number of ether oxygens (including phenoxy) is 1. The van der Waals surface area contributed by atoms with Crippen LogP contribution in [0.3, 0.4) is 0 Å². The Morgan fingerprint density at radius 3 is 2.47 bits per heavy atom. The van der Waals surface area contributed by atoms with Gasteiger partial charge in [0.25, 0.3) is 0 Å². The van der Waals surface area contributed by atoms with Crippen molar-refractivity contribution in [2.45, 2.75) is 44.8 Å². The third-order valence-electron chi connectivity index (χ3n) is 4.24. The van der Waals surface area contributed by atoms with Crippen molar-refractivity contribution in [3.63, 3.8) is 0 Å². The van der Waals surface area contributed by atoms with E-state index in [1.165, 1.54) is 25.7 Å². The fourth-order valence-corrected chi connectivity index (χ4v) is 2.87.